The third kappa shape index (κ3) is 4.02. The zero-order valence-electron chi connectivity index (χ0n) is 4.98. The second-order valence-electron chi connectivity index (χ2n) is 1.43. The van der Waals surface area contributed by atoms with Crippen molar-refractivity contribution in [3.8, 4) is 0 Å². The van der Waals surface area contributed by atoms with Crippen LogP contribution in [0.2, 0.25) is 0 Å². The van der Waals surface area contributed by atoms with E-state index >= 15 is 0 Å². The zero-order chi connectivity index (χ0) is 8.31. The molecule has 0 aromatic heterocycles. The van der Waals surface area contributed by atoms with Crippen molar-refractivity contribution in [3.63, 3.8) is 0 Å². The molecular weight excluding hydrogens is 341 g/mol. The van der Waals surface area contributed by atoms with Crippen LogP contribution in [0.1, 0.15) is 0 Å². The Morgan fingerprint density at radius 3 is 1.73 bits per heavy atom. The first-order valence-corrected chi connectivity index (χ1v) is 2.16. The zero-order valence-corrected chi connectivity index (χ0v) is 7.15. The van der Waals surface area contributed by atoms with Gasteiger partial charge in [-0.25, -0.2) is 0 Å². The van der Waals surface area contributed by atoms with Gasteiger partial charge in [0.25, 0.3) is 0 Å². The van der Waals surface area contributed by atoms with E-state index < -0.39 is 24.1 Å². The fourth-order valence-electron chi connectivity index (χ4n) is 0.234. The normalized spacial score (nSPS) is 11.1. The Bertz CT molecular complexity index is 139. The van der Waals surface area contributed by atoms with E-state index in [4.69, 9.17) is 20.4 Å². The fourth-order valence-corrected chi connectivity index (χ4v) is 0.234. The van der Waals surface area contributed by atoms with Crippen molar-refractivity contribution >= 4 is 11.9 Å². The minimum Gasteiger partial charge on any atom is -0.531 e. The van der Waals surface area contributed by atoms with Gasteiger partial charge in [-0.3, -0.25) is 9.59 Å². The van der Waals surface area contributed by atoms with Crippen molar-refractivity contribution in [3.05, 3.63) is 6.10 Å². The van der Waals surface area contributed by atoms with Crippen LogP contribution in [0.4, 0.5) is 0 Å². The molecule has 1 unspecified atom stereocenters. The molecule has 1 atom stereocenters. The second kappa shape index (κ2) is 5.16. The summed E-state index contributed by atoms with van der Waals surface area (Å²) >= 11 is 0. The number of rotatable bonds is 3. The van der Waals surface area contributed by atoms with Crippen molar-refractivity contribution in [2.24, 2.45) is 0 Å². The van der Waals surface area contributed by atoms with Gasteiger partial charge in [-0.05, 0) is 0 Å². The Labute approximate surface area is 77.0 Å². The number of aliphatic carboxylic acids is 2. The summed E-state index contributed by atoms with van der Waals surface area (Å²) in [6.07, 6.45) is -3.84. The van der Waals surface area contributed by atoms with E-state index in [1.807, 2.05) is 0 Å². The summed E-state index contributed by atoms with van der Waals surface area (Å²) in [4.78, 5) is 19.5. The van der Waals surface area contributed by atoms with Gasteiger partial charge in [0, 0.05) is 0 Å². The summed E-state index contributed by atoms with van der Waals surface area (Å²) in [5.41, 5.74) is 0. The minimum atomic E-state index is -2.35. The summed E-state index contributed by atoms with van der Waals surface area (Å²) in [5, 5.41) is 32.3. The molecule has 0 amide bonds. The topological polar surface area (TPSA) is 115 Å². The maximum absolute atomic E-state index is 9.75. The molecule has 0 aromatic rings. The molecule has 0 saturated heterocycles. The van der Waals surface area contributed by atoms with Crippen LogP contribution in [0, 0.1) is 6.10 Å². The molecule has 0 bridgehead atoms. The molecule has 0 aliphatic heterocycles. The number of carboxylic acids is 2. The number of aliphatic hydroxyl groups is 2. The number of hydrogen-bond acceptors (Lipinski definition) is 4. The molecule has 0 aromatic carbocycles. The summed E-state index contributed by atoms with van der Waals surface area (Å²) in [5.74, 6) is -3.66. The Hall–Kier alpha value is -0.530. The molecule has 0 spiro atoms. The van der Waals surface area contributed by atoms with Gasteiger partial charge in [0.2, 0.25) is 0 Å². The number of aliphatic hydroxyl groups excluding tert-OH is 2. The van der Waals surface area contributed by atoms with E-state index in [0.717, 1.165) is 0 Å². The van der Waals surface area contributed by atoms with E-state index in [0.29, 0.717) is 0 Å². The van der Waals surface area contributed by atoms with Crippen molar-refractivity contribution in [2.45, 2.75) is 6.10 Å². The van der Waals surface area contributed by atoms with E-state index in [1.165, 1.54) is 0 Å². The molecule has 0 aliphatic carbocycles. The Kier molecular flexibility index (Phi) is 6.14. The molecular formula is C4H5AuO6. The van der Waals surface area contributed by atoms with E-state index in [9.17, 15) is 9.59 Å². The average molecular weight is 346 g/mol. The van der Waals surface area contributed by atoms with Crippen LogP contribution < -0.4 is 0 Å². The third-order valence-electron chi connectivity index (χ3n) is 0.712. The van der Waals surface area contributed by atoms with Crippen molar-refractivity contribution in [2.75, 3.05) is 0 Å². The predicted octanol–water partition coefficient (Wildman–Crippen LogP) is -1.58. The van der Waals surface area contributed by atoms with Crippen LogP contribution in [-0.2, 0) is 32.0 Å². The Morgan fingerprint density at radius 1 is 1.27 bits per heavy atom. The van der Waals surface area contributed by atoms with E-state index in [-0.39, 0.29) is 22.4 Å². The first kappa shape index (κ1) is 13.1. The van der Waals surface area contributed by atoms with Crippen LogP contribution in [0.15, 0.2) is 0 Å². The summed E-state index contributed by atoms with van der Waals surface area (Å²) in [6, 6.07) is 0. The van der Waals surface area contributed by atoms with Crippen LogP contribution in [0.5, 0.6) is 0 Å². The Morgan fingerprint density at radius 2 is 1.64 bits per heavy atom. The van der Waals surface area contributed by atoms with E-state index in [2.05, 4.69) is 0 Å². The number of carbonyl (C=O) groups is 2. The maximum Gasteiger partial charge on any atom is 1.00 e. The third-order valence-corrected chi connectivity index (χ3v) is 0.712. The summed E-state index contributed by atoms with van der Waals surface area (Å²) < 4.78 is 0. The largest absolute Gasteiger partial charge is 1.00 e. The monoisotopic (exact) mass is 346 g/mol. The predicted molar refractivity (Wildman–Crippen MR) is 26.5 cm³/mol. The average Bonchev–Trinajstić information content (AvgIpc) is 1.84. The molecule has 0 radical (unpaired) electrons. The first-order valence-electron chi connectivity index (χ1n) is 2.16. The fraction of sp³-hybridized carbons (Fsp3) is 0.250. The smallest absolute Gasteiger partial charge is 0.531 e. The van der Waals surface area contributed by atoms with Gasteiger partial charge >= 0.3 is 28.3 Å². The van der Waals surface area contributed by atoms with Crippen LogP contribution in [0.3, 0.4) is 0 Å². The maximum atomic E-state index is 9.75. The molecule has 0 saturated carbocycles. The van der Waals surface area contributed by atoms with Gasteiger partial charge in [-0.15, -0.1) is 6.10 Å². The van der Waals surface area contributed by atoms with Crippen molar-refractivity contribution < 1.29 is 52.4 Å². The molecule has 0 aliphatic rings. The van der Waals surface area contributed by atoms with E-state index in [1.54, 1.807) is 0 Å². The standard InChI is InChI=1S/C4H5O6.Au/c5-1(3(7)8)2(6)4(9)10;/h1,5-6H,(H,7,8)(H,9,10);/q-1;+1. The molecule has 0 heterocycles. The van der Waals surface area contributed by atoms with Crippen LogP contribution >= 0.6 is 0 Å². The van der Waals surface area contributed by atoms with Gasteiger partial charge in [-0.1, -0.05) is 0 Å². The quantitative estimate of drug-likeness (QED) is 0.362. The molecule has 6 nitrogen and oxygen atoms in total. The number of carboxylic acid groups (broad SMARTS) is 2. The van der Waals surface area contributed by atoms with Gasteiger partial charge in [0.15, 0.2) is 5.97 Å². The second-order valence-corrected chi connectivity index (χ2v) is 1.43. The van der Waals surface area contributed by atoms with Crippen molar-refractivity contribution in [1.82, 2.24) is 0 Å². The Balaban J connectivity index is 0. The SMILES string of the molecule is O=C(O)[C-](O)C(O)C(=O)O.[Au+]. The minimum absolute atomic E-state index is 0. The molecule has 0 rings (SSSR count). The molecule has 7 heteroatoms. The van der Waals surface area contributed by atoms with Crippen LogP contribution in [0.25, 0.3) is 0 Å². The molecule has 11 heavy (non-hydrogen) atoms. The molecule has 4 N–H and O–H groups in total. The summed E-state index contributed by atoms with van der Waals surface area (Å²) in [6.45, 7) is 0. The number of hydrogen-bond donors (Lipinski definition) is 4. The van der Waals surface area contributed by atoms with Gasteiger partial charge in [0.05, 0.1) is 6.10 Å². The molecule has 0 fully saturated rings. The van der Waals surface area contributed by atoms with Gasteiger partial charge < -0.3 is 20.4 Å². The van der Waals surface area contributed by atoms with Gasteiger partial charge in [0.1, 0.15) is 0 Å². The van der Waals surface area contributed by atoms with Gasteiger partial charge in [-0.2, -0.15) is 0 Å². The summed E-state index contributed by atoms with van der Waals surface area (Å²) in [7, 11) is 0. The van der Waals surface area contributed by atoms with Crippen molar-refractivity contribution in [1.29, 1.82) is 0 Å². The molecule has 68 valence electrons. The first-order chi connectivity index (χ1) is 4.46. The van der Waals surface area contributed by atoms with Crippen LogP contribution in [-0.4, -0.2) is 38.5 Å².